The van der Waals surface area contributed by atoms with E-state index in [4.69, 9.17) is 14.2 Å². The van der Waals surface area contributed by atoms with Crippen LogP contribution in [0.4, 0.5) is 5.69 Å². The molecule has 1 atom stereocenters. The molecule has 1 aromatic carbocycles. The van der Waals surface area contributed by atoms with Crippen LogP contribution in [-0.4, -0.2) is 38.3 Å². The molecule has 0 spiro atoms. The van der Waals surface area contributed by atoms with Gasteiger partial charge in [0.2, 0.25) is 0 Å². The normalized spacial score (nSPS) is 13.2. The highest BCUT2D eigenvalue weighted by Gasteiger charge is 2.34. The molecular weight excluding hydrogens is 322 g/mol. The third-order valence-corrected chi connectivity index (χ3v) is 3.83. The van der Waals surface area contributed by atoms with E-state index in [1.165, 1.54) is 14.2 Å². The Balaban J connectivity index is 3.05. The van der Waals surface area contributed by atoms with Crippen LogP contribution < -0.4 is 10.1 Å². The molecule has 6 nitrogen and oxygen atoms in total. The molecular formula is C19H29NO5. The SMILES string of the molecule is CCCOc1ccc(NC(=O)[C@](C)(CC(C)C)OC)cc1C(=O)OC. The average molecular weight is 351 g/mol. The molecule has 0 aliphatic rings. The van der Waals surface area contributed by atoms with E-state index >= 15 is 0 Å². The van der Waals surface area contributed by atoms with Gasteiger partial charge in [-0.1, -0.05) is 20.8 Å². The third kappa shape index (κ3) is 5.74. The van der Waals surface area contributed by atoms with Gasteiger partial charge in [-0.05, 0) is 43.9 Å². The summed E-state index contributed by atoms with van der Waals surface area (Å²) in [6.45, 7) is 8.28. The van der Waals surface area contributed by atoms with E-state index in [0.29, 0.717) is 30.4 Å². The van der Waals surface area contributed by atoms with E-state index in [0.717, 1.165) is 6.42 Å². The summed E-state index contributed by atoms with van der Waals surface area (Å²) in [6, 6.07) is 4.91. The van der Waals surface area contributed by atoms with Crippen molar-refractivity contribution < 1.29 is 23.8 Å². The molecule has 0 heterocycles. The molecule has 0 aromatic heterocycles. The first-order chi connectivity index (χ1) is 11.8. The van der Waals surface area contributed by atoms with E-state index < -0.39 is 11.6 Å². The highest BCUT2D eigenvalue weighted by atomic mass is 16.5. The highest BCUT2D eigenvalue weighted by Crippen LogP contribution is 2.26. The summed E-state index contributed by atoms with van der Waals surface area (Å²) in [5.41, 5.74) is -0.185. The van der Waals surface area contributed by atoms with Crippen LogP contribution in [0.3, 0.4) is 0 Å². The summed E-state index contributed by atoms with van der Waals surface area (Å²) in [6.07, 6.45) is 1.40. The number of hydrogen-bond acceptors (Lipinski definition) is 5. The summed E-state index contributed by atoms with van der Waals surface area (Å²) in [5, 5.41) is 2.81. The van der Waals surface area contributed by atoms with Gasteiger partial charge in [-0.25, -0.2) is 4.79 Å². The summed E-state index contributed by atoms with van der Waals surface area (Å²) >= 11 is 0. The van der Waals surface area contributed by atoms with E-state index in [1.807, 2.05) is 20.8 Å². The number of carbonyl (C=O) groups excluding carboxylic acids is 2. The quantitative estimate of drug-likeness (QED) is 0.688. The lowest BCUT2D eigenvalue weighted by atomic mass is 9.93. The number of esters is 1. The first-order valence-electron chi connectivity index (χ1n) is 8.49. The number of benzene rings is 1. The van der Waals surface area contributed by atoms with Crippen LogP contribution in [0.5, 0.6) is 5.75 Å². The molecule has 0 aliphatic heterocycles. The summed E-state index contributed by atoms with van der Waals surface area (Å²) in [7, 11) is 2.82. The predicted molar refractivity (Wildman–Crippen MR) is 97.1 cm³/mol. The number of anilines is 1. The topological polar surface area (TPSA) is 73.9 Å². The first-order valence-corrected chi connectivity index (χ1v) is 8.49. The van der Waals surface area contributed by atoms with Gasteiger partial charge in [0.15, 0.2) is 0 Å². The number of carbonyl (C=O) groups is 2. The van der Waals surface area contributed by atoms with Gasteiger partial charge in [-0.15, -0.1) is 0 Å². The number of nitrogens with one attached hydrogen (secondary N) is 1. The van der Waals surface area contributed by atoms with Crippen LogP contribution in [0, 0.1) is 5.92 Å². The molecule has 0 saturated carbocycles. The molecule has 1 N–H and O–H groups in total. The van der Waals surface area contributed by atoms with Crippen molar-refractivity contribution in [2.75, 3.05) is 26.1 Å². The van der Waals surface area contributed by atoms with Gasteiger partial charge in [0.1, 0.15) is 16.9 Å². The van der Waals surface area contributed by atoms with Crippen LogP contribution in [0.1, 0.15) is 50.9 Å². The summed E-state index contributed by atoms with van der Waals surface area (Å²) < 4.78 is 15.8. The van der Waals surface area contributed by atoms with Gasteiger partial charge in [-0.3, -0.25) is 4.79 Å². The number of rotatable bonds is 9. The Hall–Kier alpha value is -2.08. The minimum atomic E-state index is -0.947. The minimum absolute atomic E-state index is 0.262. The first kappa shape index (κ1) is 21.0. The zero-order chi connectivity index (χ0) is 19.0. The maximum absolute atomic E-state index is 12.6. The standard InChI is InChI=1S/C19H29NO5/c1-7-10-25-16-9-8-14(11-15(16)17(21)23-5)20-18(22)19(4,24-6)12-13(2)3/h8-9,11,13H,7,10,12H2,1-6H3,(H,20,22)/t19-/m0/s1. The van der Waals surface area contributed by atoms with Crippen molar-refractivity contribution in [1.82, 2.24) is 0 Å². The van der Waals surface area contributed by atoms with Crippen molar-refractivity contribution in [3.05, 3.63) is 23.8 Å². The van der Waals surface area contributed by atoms with Crippen LogP contribution in [0.15, 0.2) is 18.2 Å². The molecule has 140 valence electrons. The monoisotopic (exact) mass is 351 g/mol. The largest absolute Gasteiger partial charge is 0.493 e. The maximum atomic E-state index is 12.6. The molecule has 0 fully saturated rings. The molecule has 1 rings (SSSR count). The predicted octanol–water partition coefficient (Wildman–Crippen LogP) is 3.65. The van der Waals surface area contributed by atoms with Crippen molar-refractivity contribution in [2.24, 2.45) is 5.92 Å². The molecule has 6 heteroatoms. The second-order valence-corrected chi connectivity index (χ2v) is 6.54. The van der Waals surface area contributed by atoms with Crippen LogP contribution in [-0.2, 0) is 14.3 Å². The lowest BCUT2D eigenvalue weighted by Crippen LogP contribution is -2.43. The van der Waals surface area contributed by atoms with Crippen molar-refractivity contribution in [3.8, 4) is 5.75 Å². The minimum Gasteiger partial charge on any atom is -0.493 e. The Kier molecular flexibility index (Phi) is 7.90. The number of methoxy groups -OCH3 is 2. The van der Waals surface area contributed by atoms with E-state index in [9.17, 15) is 9.59 Å². The Bertz CT molecular complexity index is 599. The van der Waals surface area contributed by atoms with Crippen molar-refractivity contribution in [2.45, 2.75) is 46.1 Å². The maximum Gasteiger partial charge on any atom is 0.341 e. The molecule has 25 heavy (non-hydrogen) atoms. The Morgan fingerprint density at radius 3 is 2.44 bits per heavy atom. The van der Waals surface area contributed by atoms with Crippen molar-refractivity contribution >= 4 is 17.6 Å². The Labute approximate surface area is 149 Å². The molecule has 0 bridgehead atoms. The smallest absolute Gasteiger partial charge is 0.341 e. The average Bonchev–Trinajstić information content (AvgIpc) is 2.58. The van der Waals surface area contributed by atoms with Crippen LogP contribution in [0.2, 0.25) is 0 Å². The van der Waals surface area contributed by atoms with Crippen LogP contribution in [0.25, 0.3) is 0 Å². The van der Waals surface area contributed by atoms with Crippen molar-refractivity contribution in [1.29, 1.82) is 0 Å². The fourth-order valence-electron chi connectivity index (χ4n) is 2.53. The van der Waals surface area contributed by atoms with Crippen molar-refractivity contribution in [3.63, 3.8) is 0 Å². The van der Waals surface area contributed by atoms with Gasteiger partial charge in [0.25, 0.3) is 5.91 Å². The second-order valence-electron chi connectivity index (χ2n) is 6.54. The lowest BCUT2D eigenvalue weighted by molar-refractivity contribution is -0.137. The molecule has 0 radical (unpaired) electrons. The summed E-state index contributed by atoms with van der Waals surface area (Å²) in [5.74, 6) is -0.0461. The van der Waals surface area contributed by atoms with Gasteiger partial charge in [0.05, 0.1) is 13.7 Å². The molecule has 1 amide bonds. The molecule has 1 aromatic rings. The zero-order valence-corrected chi connectivity index (χ0v) is 16.0. The number of amides is 1. The Morgan fingerprint density at radius 1 is 1.24 bits per heavy atom. The van der Waals surface area contributed by atoms with Gasteiger partial charge in [0, 0.05) is 12.8 Å². The fourth-order valence-corrected chi connectivity index (χ4v) is 2.53. The second kappa shape index (κ2) is 9.42. The van der Waals surface area contributed by atoms with Gasteiger partial charge < -0.3 is 19.5 Å². The van der Waals surface area contributed by atoms with Crippen LogP contribution >= 0.6 is 0 Å². The van der Waals surface area contributed by atoms with Gasteiger partial charge in [-0.2, -0.15) is 0 Å². The third-order valence-electron chi connectivity index (χ3n) is 3.83. The summed E-state index contributed by atoms with van der Waals surface area (Å²) in [4.78, 5) is 24.6. The molecule has 0 aliphatic carbocycles. The zero-order valence-electron chi connectivity index (χ0n) is 16.0. The highest BCUT2D eigenvalue weighted by molar-refractivity contribution is 5.99. The molecule has 0 saturated heterocycles. The fraction of sp³-hybridized carbons (Fsp3) is 0.579. The number of ether oxygens (including phenoxy) is 3. The molecule has 0 unspecified atom stereocenters. The van der Waals surface area contributed by atoms with E-state index in [-0.39, 0.29) is 11.5 Å². The number of hydrogen-bond donors (Lipinski definition) is 1. The Morgan fingerprint density at radius 2 is 1.92 bits per heavy atom. The van der Waals surface area contributed by atoms with E-state index in [1.54, 1.807) is 25.1 Å². The lowest BCUT2D eigenvalue weighted by Gasteiger charge is -2.28. The van der Waals surface area contributed by atoms with E-state index in [2.05, 4.69) is 5.32 Å². The van der Waals surface area contributed by atoms with Gasteiger partial charge >= 0.3 is 5.97 Å².